The van der Waals surface area contributed by atoms with Gasteiger partial charge in [0.15, 0.2) is 0 Å². The predicted molar refractivity (Wildman–Crippen MR) is 134 cm³/mol. The largest absolute Gasteiger partial charge is 0.409 e. The Hall–Kier alpha value is -2.28. The fourth-order valence-electron chi connectivity index (χ4n) is 5.74. The van der Waals surface area contributed by atoms with Gasteiger partial charge in [0.2, 0.25) is 0 Å². The summed E-state index contributed by atoms with van der Waals surface area (Å²) in [7, 11) is 0. The van der Waals surface area contributed by atoms with Gasteiger partial charge in [-0.25, -0.2) is 13.2 Å². The lowest BCUT2D eigenvalue weighted by molar-refractivity contribution is -0.0790. The number of ether oxygens (including phenoxy) is 1. The van der Waals surface area contributed by atoms with Crippen LogP contribution in [0.3, 0.4) is 0 Å². The van der Waals surface area contributed by atoms with Crippen LogP contribution in [0.5, 0.6) is 0 Å². The molecule has 0 N–H and O–H groups in total. The van der Waals surface area contributed by atoms with Crippen molar-refractivity contribution in [1.29, 1.82) is 0 Å². The van der Waals surface area contributed by atoms with E-state index in [-0.39, 0.29) is 29.2 Å². The lowest BCUT2D eigenvalue weighted by Crippen LogP contribution is -2.25. The molecule has 2 aliphatic rings. The number of benzene rings is 2. The van der Waals surface area contributed by atoms with Crippen LogP contribution in [0.4, 0.5) is 26.3 Å². The second-order valence-corrected chi connectivity index (χ2v) is 10.6. The van der Waals surface area contributed by atoms with Gasteiger partial charge in [0.25, 0.3) is 0 Å². The van der Waals surface area contributed by atoms with Crippen LogP contribution in [0.25, 0.3) is 17.2 Å². The molecule has 0 radical (unpaired) electrons. The Morgan fingerprint density at radius 2 is 1.43 bits per heavy atom. The van der Waals surface area contributed by atoms with Crippen LogP contribution in [0, 0.1) is 29.3 Å². The second kappa shape index (κ2) is 12.1. The number of allylic oxidation sites excluding steroid dienone is 1. The Morgan fingerprint density at radius 3 is 2.00 bits per heavy atom. The van der Waals surface area contributed by atoms with Crippen LogP contribution in [0.15, 0.2) is 36.4 Å². The third kappa shape index (κ3) is 7.40. The molecule has 2 aromatic rings. The van der Waals surface area contributed by atoms with Gasteiger partial charge in [0.05, 0.1) is 6.10 Å². The predicted octanol–water partition coefficient (Wildman–Crippen LogP) is 9.61. The van der Waals surface area contributed by atoms with E-state index in [1.165, 1.54) is 44.2 Å². The highest BCUT2D eigenvalue weighted by molar-refractivity contribution is 5.67. The van der Waals surface area contributed by atoms with E-state index in [0.29, 0.717) is 12.0 Å². The van der Waals surface area contributed by atoms with Crippen molar-refractivity contribution in [3.63, 3.8) is 0 Å². The van der Waals surface area contributed by atoms with Gasteiger partial charge in [0, 0.05) is 23.8 Å². The van der Waals surface area contributed by atoms with Crippen molar-refractivity contribution in [3.8, 4) is 11.1 Å². The van der Waals surface area contributed by atoms with Gasteiger partial charge >= 0.3 is 6.18 Å². The molecule has 0 unspecified atom stereocenters. The van der Waals surface area contributed by atoms with Gasteiger partial charge in [-0.2, -0.15) is 13.2 Å². The molecule has 2 aromatic carbocycles. The molecule has 0 bridgehead atoms. The Bertz CT molecular complexity index is 1050. The summed E-state index contributed by atoms with van der Waals surface area (Å²) in [5.41, 5.74) is -0.0370. The summed E-state index contributed by atoms with van der Waals surface area (Å²) in [6.07, 6.45) is 5.62. The molecule has 0 saturated heterocycles. The Balaban J connectivity index is 1.34. The van der Waals surface area contributed by atoms with Crippen molar-refractivity contribution in [2.45, 2.75) is 82.9 Å². The van der Waals surface area contributed by atoms with Crippen molar-refractivity contribution in [1.82, 2.24) is 0 Å². The van der Waals surface area contributed by atoms with Crippen LogP contribution < -0.4 is 0 Å². The summed E-state index contributed by atoms with van der Waals surface area (Å²) in [6.45, 7) is 3.09. The summed E-state index contributed by atoms with van der Waals surface area (Å²) in [4.78, 5) is 0. The molecular formula is C30H34F6O. The zero-order valence-electron chi connectivity index (χ0n) is 21.1. The molecule has 2 aliphatic carbocycles. The molecule has 2 saturated carbocycles. The zero-order chi connectivity index (χ0) is 26.6. The first-order valence-electron chi connectivity index (χ1n) is 13.3. The summed E-state index contributed by atoms with van der Waals surface area (Å²) >= 11 is 0. The number of hydrogen-bond donors (Lipinski definition) is 0. The zero-order valence-corrected chi connectivity index (χ0v) is 21.1. The van der Waals surface area contributed by atoms with Gasteiger partial charge in [-0.1, -0.05) is 38.3 Å². The average Bonchev–Trinajstić information content (AvgIpc) is 2.87. The summed E-state index contributed by atoms with van der Waals surface area (Å²) in [6, 6.07) is 6.37. The first kappa shape index (κ1) is 27.7. The van der Waals surface area contributed by atoms with E-state index in [2.05, 4.69) is 6.92 Å². The highest BCUT2D eigenvalue weighted by Gasteiger charge is 2.26. The lowest BCUT2D eigenvalue weighted by Gasteiger charge is -2.32. The van der Waals surface area contributed by atoms with E-state index in [4.69, 9.17) is 4.74 Å². The molecular weight excluding hydrogens is 490 g/mol. The summed E-state index contributed by atoms with van der Waals surface area (Å²) in [5, 5.41) is 0. The van der Waals surface area contributed by atoms with E-state index in [0.717, 1.165) is 55.9 Å². The molecule has 0 amide bonds. The molecule has 37 heavy (non-hydrogen) atoms. The molecule has 7 heteroatoms. The Morgan fingerprint density at radius 1 is 0.811 bits per heavy atom. The molecule has 0 spiro atoms. The highest BCUT2D eigenvalue weighted by atomic mass is 19.4. The number of rotatable bonds is 7. The number of halogens is 6. The standard InChI is InChI=1S/C30H34F6O/c1-2-19-3-5-20(6-4-19)18-37-24-10-7-21(8-11-24)22-9-12-25(27(31)15-22)23-16-28(32)26(29(33)17-23)13-14-30(34,35)36/h9,12-17,19-21,24H,2-8,10-11,18H2,1H3. The maximum Gasteiger partial charge on any atom is 0.409 e. The fourth-order valence-corrected chi connectivity index (χ4v) is 5.74. The Kier molecular flexibility index (Phi) is 9.04. The van der Waals surface area contributed by atoms with Crippen LogP contribution in [-0.4, -0.2) is 18.9 Å². The highest BCUT2D eigenvalue weighted by Crippen LogP contribution is 2.37. The number of hydrogen-bond acceptors (Lipinski definition) is 1. The molecule has 4 rings (SSSR count). The van der Waals surface area contributed by atoms with E-state index < -0.39 is 29.2 Å². The molecule has 2 fully saturated rings. The van der Waals surface area contributed by atoms with Gasteiger partial charge in [-0.05, 0) is 91.7 Å². The first-order chi connectivity index (χ1) is 17.6. The maximum absolute atomic E-state index is 15.0. The first-order valence-corrected chi connectivity index (χ1v) is 13.3. The van der Waals surface area contributed by atoms with Gasteiger partial charge in [0.1, 0.15) is 17.5 Å². The van der Waals surface area contributed by atoms with E-state index in [1.807, 2.05) is 0 Å². The quantitative estimate of drug-likeness (QED) is 0.328. The SMILES string of the molecule is CCC1CCC(COC2CCC(c3ccc(-c4cc(F)c(C=CC(F)(F)F)c(F)c4)c(F)c3)CC2)CC1. The molecule has 0 aliphatic heterocycles. The minimum atomic E-state index is -4.70. The van der Waals surface area contributed by atoms with Crippen molar-refractivity contribution in [2.75, 3.05) is 6.61 Å². The lowest BCUT2D eigenvalue weighted by atomic mass is 9.81. The number of alkyl halides is 3. The summed E-state index contributed by atoms with van der Waals surface area (Å²) < 4.78 is 87.0. The van der Waals surface area contributed by atoms with Crippen molar-refractivity contribution in [3.05, 3.63) is 65.0 Å². The van der Waals surface area contributed by atoms with Gasteiger partial charge in [-0.3, -0.25) is 0 Å². The molecule has 0 atom stereocenters. The van der Waals surface area contributed by atoms with E-state index >= 15 is 0 Å². The van der Waals surface area contributed by atoms with E-state index in [9.17, 15) is 26.3 Å². The summed E-state index contributed by atoms with van der Waals surface area (Å²) in [5.74, 6) is -1.27. The van der Waals surface area contributed by atoms with Gasteiger partial charge < -0.3 is 4.74 Å². The Labute approximate surface area is 214 Å². The van der Waals surface area contributed by atoms with Crippen LogP contribution in [0.2, 0.25) is 0 Å². The van der Waals surface area contributed by atoms with Crippen molar-refractivity contribution < 1.29 is 31.1 Å². The average molecular weight is 525 g/mol. The fraction of sp³-hybridized carbons (Fsp3) is 0.533. The molecule has 1 nitrogen and oxygen atoms in total. The third-order valence-electron chi connectivity index (χ3n) is 8.08. The van der Waals surface area contributed by atoms with E-state index in [1.54, 1.807) is 6.07 Å². The maximum atomic E-state index is 15.0. The third-order valence-corrected chi connectivity index (χ3v) is 8.08. The van der Waals surface area contributed by atoms with Crippen molar-refractivity contribution >= 4 is 6.08 Å². The topological polar surface area (TPSA) is 9.23 Å². The molecule has 202 valence electrons. The van der Waals surface area contributed by atoms with Crippen molar-refractivity contribution in [2.24, 2.45) is 11.8 Å². The van der Waals surface area contributed by atoms with Crippen LogP contribution >= 0.6 is 0 Å². The second-order valence-electron chi connectivity index (χ2n) is 10.6. The van der Waals surface area contributed by atoms with Crippen LogP contribution in [-0.2, 0) is 4.74 Å². The minimum absolute atomic E-state index is 0.00251. The van der Waals surface area contributed by atoms with Gasteiger partial charge in [-0.15, -0.1) is 0 Å². The molecule has 0 heterocycles. The monoisotopic (exact) mass is 524 g/mol. The molecule has 0 aromatic heterocycles. The smallest absolute Gasteiger partial charge is 0.378 e. The normalized spacial score (nSPS) is 25.1. The van der Waals surface area contributed by atoms with Crippen LogP contribution in [0.1, 0.15) is 81.8 Å². The minimum Gasteiger partial charge on any atom is -0.378 e.